The minimum absolute atomic E-state index is 0.105. The minimum Gasteiger partial charge on any atom is -0.508 e. The zero-order valence-electron chi connectivity index (χ0n) is 9.55. The van der Waals surface area contributed by atoms with Gasteiger partial charge in [-0.15, -0.1) is 11.8 Å². The molecule has 96 valence electrons. The van der Waals surface area contributed by atoms with Gasteiger partial charge in [0.2, 0.25) is 5.91 Å². The van der Waals surface area contributed by atoms with E-state index in [1.54, 1.807) is 11.8 Å². The maximum atomic E-state index is 11.9. The summed E-state index contributed by atoms with van der Waals surface area (Å²) >= 11 is 1.58. The number of hydrogen-bond acceptors (Lipinski definition) is 4. The molecule has 3 N–H and O–H groups in total. The van der Waals surface area contributed by atoms with Gasteiger partial charge < -0.3 is 15.5 Å². The van der Waals surface area contributed by atoms with Crippen molar-refractivity contribution in [2.45, 2.75) is 18.1 Å². The van der Waals surface area contributed by atoms with Gasteiger partial charge in [-0.3, -0.25) is 4.79 Å². The van der Waals surface area contributed by atoms with Gasteiger partial charge in [0.15, 0.2) is 0 Å². The molecule has 0 radical (unpaired) electrons. The van der Waals surface area contributed by atoms with Crippen molar-refractivity contribution in [1.29, 1.82) is 0 Å². The summed E-state index contributed by atoms with van der Waals surface area (Å²) in [5.41, 5.74) is 0.115. The van der Waals surface area contributed by atoms with Gasteiger partial charge in [-0.25, -0.2) is 4.79 Å². The Labute approximate surface area is 108 Å². The number of thioether (sulfide) groups is 1. The first-order valence-corrected chi connectivity index (χ1v) is 6.61. The van der Waals surface area contributed by atoms with Crippen molar-refractivity contribution in [3.63, 3.8) is 0 Å². The zero-order chi connectivity index (χ0) is 13.1. The Morgan fingerprint density at radius 3 is 2.78 bits per heavy atom. The highest BCUT2D eigenvalue weighted by molar-refractivity contribution is 8.00. The first kappa shape index (κ1) is 12.8. The van der Waals surface area contributed by atoms with Crippen molar-refractivity contribution in [2.75, 3.05) is 11.1 Å². The number of benzene rings is 1. The molecular weight excluding hydrogens is 254 g/mol. The van der Waals surface area contributed by atoms with E-state index < -0.39 is 5.97 Å². The van der Waals surface area contributed by atoms with Crippen molar-refractivity contribution in [3.05, 3.63) is 23.8 Å². The first-order chi connectivity index (χ1) is 8.58. The molecule has 1 unspecified atom stereocenters. The van der Waals surface area contributed by atoms with Crippen LogP contribution < -0.4 is 5.32 Å². The molecule has 0 saturated carbocycles. The van der Waals surface area contributed by atoms with E-state index >= 15 is 0 Å². The van der Waals surface area contributed by atoms with Crippen molar-refractivity contribution in [1.82, 2.24) is 0 Å². The largest absolute Gasteiger partial charge is 0.508 e. The minimum atomic E-state index is -1.18. The topological polar surface area (TPSA) is 86.6 Å². The normalized spacial score (nSPS) is 18.6. The lowest BCUT2D eigenvalue weighted by Crippen LogP contribution is -2.24. The molecule has 0 bridgehead atoms. The Hall–Kier alpha value is -1.69. The number of phenolic OH excluding ortho intramolecular Hbond substituents is 1. The number of carbonyl (C=O) groups is 2. The SMILES string of the molecule is O=C(O)c1cc(O)ccc1NC(=O)C1CCCS1. The van der Waals surface area contributed by atoms with E-state index in [1.807, 2.05) is 0 Å². The van der Waals surface area contributed by atoms with Crippen LogP contribution in [0, 0.1) is 0 Å². The Morgan fingerprint density at radius 2 is 2.17 bits per heavy atom. The third kappa shape index (κ3) is 2.76. The van der Waals surface area contributed by atoms with Crippen LogP contribution in [0.2, 0.25) is 0 Å². The van der Waals surface area contributed by atoms with Gasteiger partial charge in [0.05, 0.1) is 16.5 Å². The highest BCUT2D eigenvalue weighted by atomic mass is 32.2. The Kier molecular flexibility index (Phi) is 3.76. The molecule has 1 aromatic rings. The predicted molar refractivity (Wildman–Crippen MR) is 69.2 cm³/mol. The summed E-state index contributed by atoms with van der Waals surface area (Å²) in [6.45, 7) is 0. The van der Waals surface area contributed by atoms with E-state index in [0.717, 1.165) is 24.7 Å². The number of carboxylic acid groups (broad SMARTS) is 1. The van der Waals surface area contributed by atoms with E-state index in [1.165, 1.54) is 12.1 Å². The highest BCUT2D eigenvalue weighted by Crippen LogP contribution is 2.28. The number of aromatic hydroxyl groups is 1. The van der Waals surface area contributed by atoms with Crippen LogP contribution in [0.3, 0.4) is 0 Å². The summed E-state index contributed by atoms with van der Waals surface area (Å²) in [5, 5.41) is 20.8. The number of nitrogens with one attached hydrogen (secondary N) is 1. The summed E-state index contributed by atoms with van der Waals surface area (Å²) in [4.78, 5) is 22.9. The average Bonchev–Trinajstić information content (AvgIpc) is 2.84. The van der Waals surface area contributed by atoms with E-state index in [4.69, 9.17) is 5.11 Å². The lowest BCUT2D eigenvalue weighted by atomic mass is 10.1. The molecule has 1 saturated heterocycles. The van der Waals surface area contributed by atoms with Crippen molar-refractivity contribution in [3.8, 4) is 5.75 Å². The second kappa shape index (κ2) is 5.30. The monoisotopic (exact) mass is 267 g/mol. The molecule has 0 aliphatic carbocycles. The molecule has 1 aliphatic rings. The quantitative estimate of drug-likeness (QED) is 0.728. The number of amides is 1. The fourth-order valence-corrected chi connectivity index (χ4v) is 2.98. The number of carbonyl (C=O) groups excluding carboxylic acids is 1. The van der Waals surface area contributed by atoms with E-state index in [0.29, 0.717) is 0 Å². The third-order valence-corrected chi connectivity index (χ3v) is 4.09. The summed E-state index contributed by atoms with van der Waals surface area (Å²) < 4.78 is 0. The van der Waals surface area contributed by atoms with Crippen LogP contribution in [-0.2, 0) is 4.79 Å². The predicted octanol–water partition coefficient (Wildman–Crippen LogP) is 1.92. The standard InChI is InChI=1S/C12H13NO4S/c14-7-3-4-9(8(6-7)12(16)17)13-11(15)10-2-1-5-18-10/h3-4,6,10,14H,1-2,5H2,(H,13,15)(H,16,17). The van der Waals surface area contributed by atoms with Gasteiger partial charge in [-0.05, 0) is 36.8 Å². The van der Waals surface area contributed by atoms with Crippen molar-refractivity contribution < 1.29 is 19.8 Å². The molecule has 6 heteroatoms. The Bertz CT molecular complexity index is 483. The maximum absolute atomic E-state index is 11.9. The van der Waals surface area contributed by atoms with Gasteiger partial charge in [0.1, 0.15) is 5.75 Å². The second-order valence-electron chi connectivity index (χ2n) is 4.03. The summed E-state index contributed by atoms with van der Waals surface area (Å²) in [7, 11) is 0. The number of carboxylic acids is 1. The number of anilines is 1. The first-order valence-electron chi connectivity index (χ1n) is 5.56. The number of phenols is 1. The summed E-state index contributed by atoms with van der Waals surface area (Å²) in [6.07, 6.45) is 1.82. The molecule has 0 aromatic heterocycles. The van der Waals surface area contributed by atoms with Crippen molar-refractivity contribution >= 4 is 29.3 Å². The molecule has 1 heterocycles. The third-order valence-electron chi connectivity index (χ3n) is 2.71. The molecule has 0 spiro atoms. The zero-order valence-corrected chi connectivity index (χ0v) is 10.4. The summed E-state index contributed by atoms with van der Waals surface area (Å²) in [6, 6.07) is 3.87. The average molecular weight is 267 g/mol. The lowest BCUT2D eigenvalue weighted by Gasteiger charge is -2.12. The fraction of sp³-hybridized carbons (Fsp3) is 0.333. The Morgan fingerprint density at radius 1 is 1.39 bits per heavy atom. The molecule has 1 aliphatic heterocycles. The fourth-order valence-electron chi connectivity index (χ4n) is 1.82. The van der Waals surface area contributed by atoms with Gasteiger partial charge in [-0.1, -0.05) is 0 Å². The van der Waals surface area contributed by atoms with Crippen LogP contribution in [0.1, 0.15) is 23.2 Å². The van der Waals surface area contributed by atoms with Crippen LogP contribution in [0.5, 0.6) is 5.75 Å². The van der Waals surface area contributed by atoms with Gasteiger partial charge in [0, 0.05) is 0 Å². The summed E-state index contributed by atoms with van der Waals surface area (Å²) in [5.74, 6) is -0.536. The molecule has 18 heavy (non-hydrogen) atoms. The molecule has 1 atom stereocenters. The maximum Gasteiger partial charge on any atom is 0.337 e. The van der Waals surface area contributed by atoms with Crippen LogP contribution in [0.15, 0.2) is 18.2 Å². The van der Waals surface area contributed by atoms with Gasteiger partial charge in [-0.2, -0.15) is 0 Å². The van der Waals surface area contributed by atoms with Gasteiger partial charge >= 0.3 is 5.97 Å². The number of hydrogen-bond donors (Lipinski definition) is 3. The molecule has 2 rings (SSSR count). The smallest absolute Gasteiger partial charge is 0.337 e. The van der Waals surface area contributed by atoms with Crippen LogP contribution in [0.25, 0.3) is 0 Å². The van der Waals surface area contributed by atoms with Gasteiger partial charge in [0.25, 0.3) is 0 Å². The Balaban J connectivity index is 2.17. The van der Waals surface area contributed by atoms with Crippen LogP contribution in [-0.4, -0.2) is 33.1 Å². The second-order valence-corrected chi connectivity index (χ2v) is 5.34. The molecule has 1 fully saturated rings. The lowest BCUT2D eigenvalue weighted by molar-refractivity contribution is -0.115. The van der Waals surface area contributed by atoms with Crippen LogP contribution in [0.4, 0.5) is 5.69 Å². The molecule has 5 nitrogen and oxygen atoms in total. The van der Waals surface area contributed by atoms with Crippen molar-refractivity contribution in [2.24, 2.45) is 0 Å². The van der Waals surface area contributed by atoms with E-state index in [-0.39, 0.29) is 28.2 Å². The number of aromatic carboxylic acids is 1. The van der Waals surface area contributed by atoms with Crippen LogP contribution >= 0.6 is 11.8 Å². The highest BCUT2D eigenvalue weighted by Gasteiger charge is 2.24. The van der Waals surface area contributed by atoms with E-state index in [9.17, 15) is 14.7 Å². The molecule has 1 aromatic carbocycles. The number of rotatable bonds is 3. The van der Waals surface area contributed by atoms with E-state index in [2.05, 4.69) is 5.32 Å². The molecular formula is C12H13NO4S. The molecule has 1 amide bonds.